The second-order valence-electron chi connectivity index (χ2n) is 3.73. The third-order valence-electron chi connectivity index (χ3n) is 2.16. The molecule has 82 valence electrons. The van der Waals surface area contributed by atoms with Crippen LogP contribution in [0, 0.1) is 17.6 Å². The molecule has 0 amide bonds. The van der Waals surface area contributed by atoms with Gasteiger partial charge in [0.05, 0.1) is 6.61 Å². The van der Waals surface area contributed by atoms with E-state index >= 15 is 0 Å². The summed E-state index contributed by atoms with van der Waals surface area (Å²) >= 11 is 0. The van der Waals surface area contributed by atoms with E-state index in [2.05, 4.69) is 0 Å². The van der Waals surface area contributed by atoms with Gasteiger partial charge in [-0.2, -0.15) is 0 Å². The lowest BCUT2D eigenvalue weighted by Crippen LogP contribution is -1.99. The molecule has 0 saturated carbocycles. The van der Waals surface area contributed by atoms with Crippen LogP contribution in [-0.2, 0) is 0 Å². The molecule has 1 N–H and O–H groups in total. The van der Waals surface area contributed by atoms with E-state index in [0.717, 1.165) is 11.6 Å². The second-order valence-corrected chi connectivity index (χ2v) is 3.73. The van der Waals surface area contributed by atoms with Crippen molar-refractivity contribution in [3.63, 3.8) is 0 Å². The molecule has 0 saturated heterocycles. The number of rotatable bonds is 3. The van der Waals surface area contributed by atoms with Crippen molar-refractivity contribution >= 4 is 6.08 Å². The van der Waals surface area contributed by atoms with Crippen LogP contribution in [0.2, 0.25) is 0 Å². The first kappa shape index (κ1) is 11.9. The lowest BCUT2D eigenvalue weighted by molar-refractivity contribution is 0.320. The number of benzene rings is 1. The molecule has 0 radical (unpaired) electrons. The third kappa shape index (κ3) is 3.44. The Morgan fingerprint density at radius 3 is 2.20 bits per heavy atom. The molecule has 1 rings (SSSR count). The van der Waals surface area contributed by atoms with Gasteiger partial charge >= 0.3 is 0 Å². The lowest BCUT2D eigenvalue weighted by Gasteiger charge is -2.07. The van der Waals surface area contributed by atoms with E-state index in [1.54, 1.807) is 6.08 Å². The van der Waals surface area contributed by atoms with Gasteiger partial charge in [0, 0.05) is 6.07 Å². The van der Waals surface area contributed by atoms with Gasteiger partial charge in [-0.1, -0.05) is 19.9 Å². The molecule has 3 heteroatoms. The summed E-state index contributed by atoms with van der Waals surface area (Å²) < 4.78 is 25.7. The summed E-state index contributed by atoms with van der Waals surface area (Å²) in [6.07, 6.45) is 1.61. The van der Waals surface area contributed by atoms with Crippen LogP contribution in [0.3, 0.4) is 0 Å². The van der Waals surface area contributed by atoms with Gasteiger partial charge in [-0.25, -0.2) is 8.78 Å². The van der Waals surface area contributed by atoms with Crippen molar-refractivity contribution in [2.24, 2.45) is 5.92 Å². The fourth-order valence-corrected chi connectivity index (χ4v) is 1.27. The smallest absolute Gasteiger partial charge is 0.126 e. The number of halogens is 2. The Kier molecular flexibility index (Phi) is 3.97. The third-order valence-corrected chi connectivity index (χ3v) is 2.16. The largest absolute Gasteiger partial charge is 0.392 e. The van der Waals surface area contributed by atoms with Gasteiger partial charge < -0.3 is 5.11 Å². The van der Waals surface area contributed by atoms with Crippen molar-refractivity contribution in [2.75, 3.05) is 6.61 Å². The molecule has 0 aliphatic rings. The fraction of sp³-hybridized carbons (Fsp3) is 0.333. The van der Waals surface area contributed by atoms with Crippen molar-refractivity contribution in [2.45, 2.75) is 13.8 Å². The molecule has 1 nitrogen and oxygen atoms in total. The van der Waals surface area contributed by atoms with Crippen molar-refractivity contribution < 1.29 is 13.9 Å². The highest BCUT2D eigenvalue weighted by molar-refractivity contribution is 5.53. The minimum absolute atomic E-state index is 0.101. The van der Waals surface area contributed by atoms with E-state index in [4.69, 9.17) is 5.11 Å². The van der Waals surface area contributed by atoms with E-state index in [-0.39, 0.29) is 12.5 Å². The Bertz CT molecular complexity index is 350. The van der Waals surface area contributed by atoms with Gasteiger partial charge in [-0.05, 0) is 29.2 Å². The monoisotopic (exact) mass is 212 g/mol. The topological polar surface area (TPSA) is 20.2 Å². The standard InChI is InChI=1S/C12H14F2O/c1-8(2)10(7-15)3-9-4-11(13)6-12(14)5-9/h3-6,8,15H,7H2,1-2H3/b10-3+. The minimum atomic E-state index is -0.609. The predicted molar refractivity (Wildman–Crippen MR) is 56.3 cm³/mol. The summed E-state index contributed by atoms with van der Waals surface area (Å²) in [7, 11) is 0. The molecule has 0 fully saturated rings. The number of aliphatic hydroxyl groups is 1. The molecule has 0 atom stereocenters. The van der Waals surface area contributed by atoms with Crippen LogP contribution < -0.4 is 0 Å². The first-order chi connectivity index (χ1) is 7.02. The predicted octanol–water partition coefficient (Wildman–Crippen LogP) is 3.00. The molecule has 0 aromatic heterocycles. The van der Waals surface area contributed by atoms with Crippen LogP contribution in [0.5, 0.6) is 0 Å². The molecule has 0 bridgehead atoms. The average molecular weight is 212 g/mol. The molecule has 1 aromatic rings. The highest BCUT2D eigenvalue weighted by Gasteiger charge is 2.03. The van der Waals surface area contributed by atoms with E-state index in [1.165, 1.54) is 12.1 Å². The summed E-state index contributed by atoms with van der Waals surface area (Å²) in [6, 6.07) is 3.30. The SMILES string of the molecule is CC(C)/C(=C/c1cc(F)cc(F)c1)CO. The summed E-state index contributed by atoms with van der Waals surface area (Å²) in [5, 5.41) is 9.04. The minimum Gasteiger partial charge on any atom is -0.392 e. The number of aliphatic hydroxyl groups excluding tert-OH is 1. The second kappa shape index (κ2) is 5.03. The molecule has 0 aliphatic carbocycles. The Morgan fingerprint density at radius 2 is 1.80 bits per heavy atom. The molecule has 15 heavy (non-hydrogen) atoms. The van der Waals surface area contributed by atoms with Crippen molar-refractivity contribution in [1.82, 2.24) is 0 Å². The summed E-state index contributed by atoms with van der Waals surface area (Å²) in [5.74, 6) is -1.06. The fourth-order valence-electron chi connectivity index (χ4n) is 1.27. The van der Waals surface area contributed by atoms with E-state index in [1.807, 2.05) is 13.8 Å². The highest BCUT2D eigenvalue weighted by Crippen LogP contribution is 2.16. The first-order valence-electron chi connectivity index (χ1n) is 4.80. The maximum absolute atomic E-state index is 12.9. The van der Waals surface area contributed by atoms with Crippen LogP contribution in [0.1, 0.15) is 19.4 Å². The molecule has 0 aliphatic heterocycles. The highest BCUT2D eigenvalue weighted by atomic mass is 19.1. The molecular formula is C12H14F2O. The quantitative estimate of drug-likeness (QED) is 0.816. The van der Waals surface area contributed by atoms with Crippen LogP contribution in [0.25, 0.3) is 6.08 Å². The van der Waals surface area contributed by atoms with Gasteiger partial charge in [0.25, 0.3) is 0 Å². The molecule has 0 spiro atoms. The van der Waals surface area contributed by atoms with Crippen molar-refractivity contribution in [3.8, 4) is 0 Å². The van der Waals surface area contributed by atoms with Crippen molar-refractivity contribution in [3.05, 3.63) is 41.0 Å². The maximum Gasteiger partial charge on any atom is 0.126 e. The summed E-state index contributed by atoms with van der Waals surface area (Å²) in [4.78, 5) is 0. The first-order valence-corrected chi connectivity index (χ1v) is 4.80. The Labute approximate surface area is 88.1 Å². The zero-order chi connectivity index (χ0) is 11.4. The molecule has 0 unspecified atom stereocenters. The Hall–Kier alpha value is -1.22. The van der Waals surface area contributed by atoms with Gasteiger partial charge in [-0.3, -0.25) is 0 Å². The molecule has 0 heterocycles. The Balaban J connectivity index is 3.05. The Morgan fingerprint density at radius 1 is 1.27 bits per heavy atom. The van der Waals surface area contributed by atoms with Gasteiger partial charge in [0.15, 0.2) is 0 Å². The van der Waals surface area contributed by atoms with Crippen LogP contribution in [-0.4, -0.2) is 11.7 Å². The van der Waals surface area contributed by atoms with E-state index in [0.29, 0.717) is 5.56 Å². The summed E-state index contributed by atoms with van der Waals surface area (Å²) in [6.45, 7) is 3.73. The molecular weight excluding hydrogens is 198 g/mol. The van der Waals surface area contributed by atoms with Crippen LogP contribution in [0.15, 0.2) is 23.8 Å². The number of hydrogen-bond acceptors (Lipinski definition) is 1. The van der Waals surface area contributed by atoms with Crippen LogP contribution >= 0.6 is 0 Å². The van der Waals surface area contributed by atoms with Gasteiger partial charge in [0.1, 0.15) is 11.6 Å². The summed E-state index contributed by atoms with van der Waals surface area (Å²) in [5.41, 5.74) is 1.19. The normalized spacial score (nSPS) is 12.3. The number of hydrogen-bond donors (Lipinski definition) is 1. The van der Waals surface area contributed by atoms with Crippen molar-refractivity contribution in [1.29, 1.82) is 0 Å². The van der Waals surface area contributed by atoms with E-state index < -0.39 is 11.6 Å². The van der Waals surface area contributed by atoms with Gasteiger partial charge in [0.2, 0.25) is 0 Å². The van der Waals surface area contributed by atoms with E-state index in [9.17, 15) is 8.78 Å². The molecule has 1 aromatic carbocycles. The zero-order valence-electron chi connectivity index (χ0n) is 8.80. The maximum atomic E-state index is 12.9. The van der Waals surface area contributed by atoms with Crippen LogP contribution in [0.4, 0.5) is 8.78 Å². The lowest BCUT2D eigenvalue weighted by atomic mass is 10.0. The zero-order valence-corrected chi connectivity index (χ0v) is 8.80. The average Bonchev–Trinajstić information content (AvgIpc) is 2.12. The van der Waals surface area contributed by atoms with Gasteiger partial charge in [-0.15, -0.1) is 0 Å².